The van der Waals surface area contributed by atoms with E-state index < -0.39 is 43.9 Å². The lowest BCUT2D eigenvalue weighted by atomic mass is 10.1. The molecule has 0 fully saturated rings. The molecule has 0 radical (unpaired) electrons. The van der Waals surface area contributed by atoms with Crippen LogP contribution in [0.15, 0.2) is 78.2 Å². The molecule has 0 aliphatic rings. The van der Waals surface area contributed by atoms with Crippen molar-refractivity contribution >= 4 is 44.6 Å². The number of hydrogen-bond donors (Lipinski definition) is 3. The Kier molecular flexibility index (Phi) is 9.60. The second kappa shape index (κ2) is 12.0. The maximum Gasteiger partial charge on any atom is 0.416 e. The van der Waals surface area contributed by atoms with E-state index in [1.54, 1.807) is 0 Å². The van der Waals surface area contributed by atoms with Gasteiger partial charge in [0.15, 0.2) is 0 Å². The number of carbonyl (C=O) groups is 1. The van der Waals surface area contributed by atoms with Gasteiger partial charge in [0.2, 0.25) is 0 Å². The van der Waals surface area contributed by atoms with Crippen LogP contribution in [0.3, 0.4) is 0 Å². The molecule has 3 aromatic rings. The Morgan fingerprint density at radius 2 is 1.70 bits per heavy atom. The van der Waals surface area contributed by atoms with Crippen LogP contribution in [0, 0.1) is 11.2 Å². The van der Waals surface area contributed by atoms with Gasteiger partial charge in [-0.25, -0.2) is 12.8 Å². The van der Waals surface area contributed by atoms with Crippen molar-refractivity contribution in [3.05, 3.63) is 101 Å². The van der Waals surface area contributed by atoms with Gasteiger partial charge in [-0.1, -0.05) is 44.2 Å². The van der Waals surface area contributed by atoms with Crippen molar-refractivity contribution < 1.29 is 30.8 Å². The Hall–Kier alpha value is -3.70. The summed E-state index contributed by atoms with van der Waals surface area (Å²) >= 11 is 5.90. The van der Waals surface area contributed by atoms with Gasteiger partial charge in [-0.3, -0.25) is 9.52 Å². The number of allylic oxidation sites excluding steroid dienone is 1. The van der Waals surface area contributed by atoms with E-state index in [-0.39, 0.29) is 27.7 Å². The van der Waals surface area contributed by atoms with E-state index in [1.165, 1.54) is 24.3 Å². The van der Waals surface area contributed by atoms with Crippen LogP contribution in [-0.4, -0.2) is 20.0 Å². The summed E-state index contributed by atoms with van der Waals surface area (Å²) in [6, 6.07) is 10.5. The van der Waals surface area contributed by atoms with Crippen LogP contribution in [0.5, 0.6) is 0 Å². The first kappa shape index (κ1) is 29.5. The zero-order valence-electron chi connectivity index (χ0n) is 19.6. The molecule has 0 aromatic heterocycles. The molecular weight excluding hydrogens is 534 g/mol. The maximum absolute atomic E-state index is 14.1. The van der Waals surface area contributed by atoms with E-state index in [9.17, 15) is 30.8 Å². The van der Waals surface area contributed by atoms with Crippen LogP contribution < -0.4 is 10.0 Å². The monoisotopic (exact) mass is 555 g/mol. The minimum Gasteiger partial charge on any atom is -0.322 e. The first-order valence-corrected chi connectivity index (χ1v) is 12.5. The zero-order chi connectivity index (χ0) is 28.0. The molecule has 0 bridgehead atoms. The zero-order valence-corrected chi connectivity index (χ0v) is 21.2. The van der Waals surface area contributed by atoms with E-state index in [0.717, 1.165) is 36.4 Å². The van der Waals surface area contributed by atoms with Crippen molar-refractivity contribution in [2.45, 2.75) is 24.9 Å². The molecule has 1 amide bonds. The normalized spacial score (nSPS) is 11.1. The van der Waals surface area contributed by atoms with Crippen molar-refractivity contribution in [3.63, 3.8) is 0 Å². The number of hydrogen-bond acceptors (Lipinski definition) is 4. The molecule has 0 unspecified atom stereocenters. The molecule has 6 nitrogen and oxygen atoms in total. The standard InChI is InChI=1S/C23H16ClF4N3O3S.C2H6/c1-2-19(29)16-10-9-14(30-22(32)21-17(24)7-4-8-18(21)25)12-20(16)31-35(33,34)15-6-3-5-13(11-15)23(26,27)28;1-2/h2-12,29,31H,1H2,(H,30,32);1-2H3. The SMILES string of the molecule is C=CC(=N)c1ccc(NC(=O)c2c(F)cccc2Cl)cc1NS(=O)(=O)c1cccc(C(F)(F)F)c1.CC. The van der Waals surface area contributed by atoms with E-state index in [2.05, 4.69) is 16.6 Å². The Bertz CT molecular complexity index is 1420. The largest absolute Gasteiger partial charge is 0.416 e. The molecule has 196 valence electrons. The van der Waals surface area contributed by atoms with E-state index in [4.69, 9.17) is 17.0 Å². The average molecular weight is 556 g/mol. The molecule has 0 atom stereocenters. The molecular formula is C25H22ClF4N3O3S. The van der Waals surface area contributed by atoms with Crippen LogP contribution in [-0.2, 0) is 16.2 Å². The molecule has 0 aliphatic heterocycles. The fraction of sp³-hybridized carbons (Fsp3) is 0.120. The first-order chi connectivity index (χ1) is 17.3. The minimum absolute atomic E-state index is 0.00308. The molecule has 0 saturated carbocycles. The molecule has 0 aliphatic carbocycles. The highest BCUT2D eigenvalue weighted by Crippen LogP contribution is 2.32. The molecule has 0 spiro atoms. The summed E-state index contributed by atoms with van der Waals surface area (Å²) < 4.78 is 81.0. The van der Waals surface area contributed by atoms with Crippen LogP contribution in [0.4, 0.5) is 28.9 Å². The number of carbonyl (C=O) groups excluding carboxylic acids is 1. The van der Waals surface area contributed by atoms with Crippen molar-refractivity contribution in [1.82, 2.24) is 0 Å². The number of benzene rings is 3. The average Bonchev–Trinajstić information content (AvgIpc) is 2.84. The van der Waals surface area contributed by atoms with Crippen molar-refractivity contribution in [3.8, 4) is 0 Å². The lowest BCUT2D eigenvalue weighted by Gasteiger charge is -2.16. The van der Waals surface area contributed by atoms with Crippen LogP contribution in [0.1, 0.15) is 35.3 Å². The van der Waals surface area contributed by atoms with Crippen LogP contribution >= 0.6 is 11.6 Å². The first-order valence-electron chi connectivity index (χ1n) is 10.6. The van der Waals surface area contributed by atoms with Crippen LogP contribution in [0.25, 0.3) is 0 Å². The third-order valence-electron chi connectivity index (χ3n) is 4.68. The fourth-order valence-corrected chi connectivity index (χ4v) is 4.37. The molecule has 0 saturated heterocycles. The summed E-state index contributed by atoms with van der Waals surface area (Å²) in [5, 5.41) is 10.2. The lowest BCUT2D eigenvalue weighted by molar-refractivity contribution is -0.137. The number of nitrogens with one attached hydrogen (secondary N) is 3. The molecule has 12 heteroatoms. The summed E-state index contributed by atoms with van der Waals surface area (Å²) in [6.07, 6.45) is -3.64. The molecule has 0 heterocycles. The van der Waals surface area contributed by atoms with Gasteiger partial charge in [0.05, 0.1) is 32.4 Å². The molecule has 3 N–H and O–H groups in total. The quantitative estimate of drug-likeness (QED) is 0.213. The van der Waals surface area contributed by atoms with E-state index >= 15 is 0 Å². The number of sulfonamides is 1. The summed E-state index contributed by atoms with van der Waals surface area (Å²) in [5.41, 5.74) is -2.02. The number of alkyl halides is 3. The van der Waals surface area contributed by atoms with Gasteiger partial charge in [-0.2, -0.15) is 13.2 Å². The number of anilines is 2. The number of amides is 1. The second-order valence-electron chi connectivity index (χ2n) is 7.06. The van der Waals surface area contributed by atoms with Gasteiger partial charge in [-0.05, 0) is 54.6 Å². The lowest BCUT2D eigenvalue weighted by Crippen LogP contribution is -2.18. The number of rotatable bonds is 7. The van der Waals surface area contributed by atoms with Crippen molar-refractivity contribution in [2.75, 3.05) is 10.0 Å². The van der Waals surface area contributed by atoms with Gasteiger partial charge in [0, 0.05) is 11.3 Å². The highest BCUT2D eigenvalue weighted by Gasteiger charge is 2.32. The Morgan fingerprint density at radius 1 is 1.05 bits per heavy atom. The summed E-state index contributed by atoms with van der Waals surface area (Å²) in [5.74, 6) is -1.81. The Labute approximate surface area is 216 Å². The second-order valence-corrected chi connectivity index (χ2v) is 9.15. The van der Waals surface area contributed by atoms with Gasteiger partial charge < -0.3 is 10.7 Å². The highest BCUT2D eigenvalue weighted by atomic mass is 35.5. The molecule has 3 aromatic carbocycles. The van der Waals surface area contributed by atoms with Gasteiger partial charge in [0.1, 0.15) is 5.82 Å². The smallest absolute Gasteiger partial charge is 0.322 e. The predicted octanol–water partition coefficient (Wildman–Crippen LogP) is 7.13. The Morgan fingerprint density at radius 3 is 2.30 bits per heavy atom. The third kappa shape index (κ3) is 7.17. The minimum atomic E-state index is -4.76. The summed E-state index contributed by atoms with van der Waals surface area (Å²) in [7, 11) is -4.55. The predicted molar refractivity (Wildman–Crippen MR) is 136 cm³/mol. The number of halogens is 5. The van der Waals surface area contributed by atoms with Gasteiger partial charge in [0.25, 0.3) is 15.9 Å². The highest BCUT2D eigenvalue weighted by molar-refractivity contribution is 7.92. The molecule has 3 rings (SSSR count). The van der Waals surface area contributed by atoms with E-state index in [1.807, 2.05) is 13.8 Å². The van der Waals surface area contributed by atoms with Crippen molar-refractivity contribution in [1.29, 1.82) is 5.41 Å². The van der Waals surface area contributed by atoms with Crippen LogP contribution in [0.2, 0.25) is 5.02 Å². The van der Waals surface area contributed by atoms with E-state index in [0.29, 0.717) is 6.07 Å². The molecule has 37 heavy (non-hydrogen) atoms. The summed E-state index contributed by atoms with van der Waals surface area (Å²) in [6.45, 7) is 7.45. The topological polar surface area (TPSA) is 99.1 Å². The fourth-order valence-electron chi connectivity index (χ4n) is 3.00. The summed E-state index contributed by atoms with van der Waals surface area (Å²) in [4.78, 5) is 11.9. The van der Waals surface area contributed by atoms with Gasteiger partial charge in [-0.15, -0.1) is 0 Å². The van der Waals surface area contributed by atoms with Crippen molar-refractivity contribution in [2.24, 2.45) is 0 Å². The third-order valence-corrected chi connectivity index (χ3v) is 6.36. The van der Waals surface area contributed by atoms with Gasteiger partial charge >= 0.3 is 6.18 Å². The maximum atomic E-state index is 14.1. The Balaban J connectivity index is 0.00000235.